The van der Waals surface area contributed by atoms with Crippen molar-refractivity contribution in [1.82, 2.24) is 0 Å². The summed E-state index contributed by atoms with van der Waals surface area (Å²) in [6.45, 7) is 6.61. The largest absolute Gasteiger partial charge is 0.748 e. The molecule has 0 bridgehead atoms. The van der Waals surface area contributed by atoms with E-state index in [2.05, 4.69) is 0 Å². The van der Waals surface area contributed by atoms with Crippen LogP contribution in [0.1, 0.15) is 69.9 Å². The molecule has 0 saturated heterocycles. The van der Waals surface area contributed by atoms with Crippen molar-refractivity contribution in [3.8, 4) is 0 Å². The molecule has 0 saturated carbocycles. The van der Waals surface area contributed by atoms with Gasteiger partial charge in [0, 0.05) is 79.4 Å². The molecule has 31 heteroatoms. The molecule has 0 fully saturated rings. The number of hydrogen-bond donors (Lipinski definition) is 1. The predicted molar refractivity (Wildman–Crippen MR) is 319 cm³/mol. The molecule has 89 heavy (non-hydrogen) atoms. The third-order valence-electron chi connectivity index (χ3n) is 15.1. The van der Waals surface area contributed by atoms with Crippen molar-refractivity contribution in [2.24, 2.45) is 0 Å². The van der Waals surface area contributed by atoms with Crippen LogP contribution in [0.25, 0.3) is 21.5 Å². The summed E-state index contributed by atoms with van der Waals surface area (Å²) < 4.78 is 228. The number of aliphatic carboxylic acids is 1. The summed E-state index contributed by atoms with van der Waals surface area (Å²) >= 11 is 0. The number of benzene rings is 4. The number of nitrogens with zero attached hydrogens (tertiary/aromatic N) is 2. The van der Waals surface area contributed by atoms with Crippen LogP contribution in [0.2, 0.25) is 0 Å². The van der Waals surface area contributed by atoms with Crippen molar-refractivity contribution in [1.29, 1.82) is 0 Å². The first-order valence-electron chi connectivity index (χ1n) is 28.1. The highest BCUT2D eigenvalue weighted by atomic mass is 32.2. The lowest BCUT2D eigenvalue weighted by Crippen LogP contribution is -2.33. The van der Waals surface area contributed by atoms with Gasteiger partial charge in [-0.05, 0) is 110 Å². The highest BCUT2D eigenvalue weighted by Gasteiger charge is 2.49. The molecule has 2 unspecified atom stereocenters. The Balaban J connectivity index is 1.45. The Morgan fingerprint density at radius 2 is 1.03 bits per heavy atom. The van der Waals surface area contributed by atoms with Crippen LogP contribution >= 0.6 is 0 Å². The molecule has 2 aliphatic heterocycles. The monoisotopic (exact) mass is 1340 g/mol. The van der Waals surface area contributed by atoms with Crippen LogP contribution in [0.5, 0.6) is 0 Å². The minimum absolute atomic E-state index is 0.00184. The van der Waals surface area contributed by atoms with Gasteiger partial charge in [0.15, 0.2) is 12.3 Å². The maximum Gasteiger partial charge on any atom is 0.303 e. The van der Waals surface area contributed by atoms with E-state index in [0.29, 0.717) is 92.8 Å². The van der Waals surface area contributed by atoms with E-state index in [1.54, 1.807) is 67.2 Å². The Kier molecular flexibility index (Phi) is 25.9. The third-order valence-corrected chi connectivity index (χ3v) is 19.3. The SMILES string of the molecule is COCCOCCOCCOCCC1(C)\C(=C/C=C/C=C/C=C/C2=[N+](CCOCCOCCOC)c3ccc4c(S(=O)(=O)[O-])cc(S(=O)(=O)[O-])cc4c3C2(C)CCCS(=O)(=O)[O-])N(CCCCCC(=O)O)c2ccc3c(S(=O)(=O)[O-])cc(S(=O)(=O)[O-])cc3c21. The Hall–Kier alpha value is -5.43. The van der Waals surface area contributed by atoms with Crippen LogP contribution < -0.4 is 4.90 Å². The van der Waals surface area contributed by atoms with Crippen LogP contribution in [0.3, 0.4) is 0 Å². The second-order valence-corrected chi connectivity index (χ2v) is 28.1. The van der Waals surface area contributed by atoms with E-state index in [-0.39, 0.29) is 112 Å². The lowest BCUT2D eigenvalue weighted by Gasteiger charge is -2.31. The van der Waals surface area contributed by atoms with E-state index in [9.17, 15) is 74.8 Å². The van der Waals surface area contributed by atoms with Crippen LogP contribution in [0.4, 0.5) is 11.4 Å². The average Bonchev–Trinajstić information content (AvgIpc) is 1.63. The van der Waals surface area contributed by atoms with Crippen molar-refractivity contribution >= 4 is 95.2 Å². The summed E-state index contributed by atoms with van der Waals surface area (Å²) in [5.41, 5.74) is -0.148. The van der Waals surface area contributed by atoms with Gasteiger partial charge in [-0.3, -0.25) is 4.79 Å². The number of rotatable bonds is 39. The van der Waals surface area contributed by atoms with Gasteiger partial charge in [0.25, 0.3) is 0 Å². The van der Waals surface area contributed by atoms with Gasteiger partial charge in [-0.2, -0.15) is 4.58 Å². The van der Waals surface area contributed by atoms with Crippen molar-refractivity contribution in [2.45, 2.75) is 89.2 Å². The van der Waals surface area contributed by atoms with Gasteiger partial charge < -0.3 is 65.9 Å². The smallest absolute Gasteiger partial charge is 0.303 e. The standard InChI is InChI=1S/C58H76N2O24S5/c1-57(21-13-37-85(63,64)65)52(60(24-26-81-32-34-82-29-27-78-3)49-20-18-44-46(55(49)57)38-42(86(66,67)68)40-50(44)88(72,73)74)14-9-6-5-7-10-15-53-58(2,22-25-80-31-33-84-36-35-83-30-28-79-4)56-47-39-43(87(69,70)71)41-51(89(75,76)77)45(47)17-19-48(56)59(53)23-12-8-11-16-54(61)62/h5-7,9-10,14-15,17-20,38-41H,8,11-13,16,21-37H2,1-4H3,(H5-,61,62,63,64,65,66,67,68,69,70,71,72,73,74,75,76,77)/p-4. The highest BCUT2D eigenvalue weighted by Crippen LogP contribution is 2.54. The van der Waals surface area contributed by atoms with E-state index < -0.39 is 92.7 Å². The minimum Gasteiger partial charge on any atom is -0.748 e. The molecule has 0 spiro atoms. The van der Waals surface area contributed by atoms with Crippen LogP contribution in [-0.2, 0) is 99.4 Å². The number of carboxylic acid groups (broad SMARTS) is 1. The molecular weight excluding hydrogens is 1270 g/mol. The zero-order valence-electron chi connectivity index (χ0n) is 49.5. The van der Waals surface area contributed by atoms with Gasteiger partial charge in [0.05, 0.1) is 101 Å². The van der Waals surface area contributed by atoms with E-state index >= 15 is 0 Å². The molecule has 6 rings (SSSR count). The van der Waals surface area contributed by atoms with Gasteiger partial charge in [0.1, 0.15) is 47.1 Å². The lowest BCUT2D eigenvalue weighted by atomic mass is 9.74. The highest BCUT2D eigenvalue weighted by molar-refractivity contribution is 7.87. The third kappa shape index (κ3) is 19.3. The topological polar surface area (TPSA) is 394 Å². The quantitative estimate of drug-likeness (QED) is 0.0265. The summed E-state index contributed by atoms with van der Waals surface area (Å²) in [6.07, 6.45) is 12.6. The Morgan fingerprint density at radius 1 is 0.539 bits per heavy atom. The lowest BCUT2D eigenvalue weighted by molar-refractivity contribution is -0.442. The second kappa shape index (κ2) is 31.7. The van der Waals surface area contributed by atoms with E-state index in [1.165, 1.54) is 25.3 Å². The Labute approximate surface area is 519 Å². The summed E-state index contributed by atoms with van der Waals surface area (Å²) in [5.74, 6) is -1.81. The number of ether oxygens (including phenoxy) is 7. The van der Waals surface area contributed by atoms with Crippen molar-refractivity contribution in [3.63, 3.8) is 0 Å². The molecule has 4 aromatic carbocycles. The molecule has 0 aliphatic carbocycles. The van der Waals surface area contributed by atoms with Crippen LogP contribution in [0.15, 0.2) is 116 Å². The molecule has 0 amide bonds. The second-order valence-electron chi connectivity index (χ2n) is 21.2. The molecule has 492 valence electrons. The van der Waals surface area contributed by atoms with E-state index in [4.69, 9.17) is 33.2 Å². The van der Waals surface area contributed by atoms with Gasteiger partial charge in [-0.15, -0.1) is 0 Å². The molecule has 1 N–H and O–H groups in total. The van der Waals surface area contributed by atoms with Gasteiger partial charge in [-0.1, -0.05) is 42.9 Å². The predicted octanol–water partition coefficient (Wildman–Crippen LogP) is 5.03. The van der Waals surface area contributed by atoms with Gasteiger partial charge >= 0.3 is 5.97 Å². The fraction of sp³-hybridized carbons (Fsp3) is 0.483. The number of allylic oxidation sites excluding steroid dienone is 8. The molecule has 0 radical (unpaired) electrons. The maximum atomic E-state index is 12.8. The zero-order chi connectivity index (χ0) is 65.4. The molecule has 2 atom stereocenters. The molecule has 4 aromatic rings. The summed E-state index contributed by atoms with van der Waals surface area (Å²) in [4.78, 5) is 9.49. The van der Waals surface area contributed by atoms with Crippen molar-refractivity contribution < 1.29 is 112 Å². The normalized spacial score (nSPS) is 18.1. The van der Waals surface area contributed by atoms with Crippen molar-refractivity contribution in [3.05, 3.63) is 108 Å². The number of anilines is 1. The molecule has 0 aromatic heterocycles. The summed E-state index contributed by atoms with van der Waals surface area (Å²) in [7, 11) is -23.2. The number of fused-ring (bicyclic) bond motifs is 6. The fourth-order valence-corrected chi connectivity index (χ4v) is 14.2. The van der Waals surface area contributed by atoms with Crippen LogP contribution in [-0.4, -0.2) is 199 Å². The van der Waals surface area contributed by atoms with Crippen molar-refractivity contribution in [2.75, 3.05) is 117 Å². The minimum atomic E-state index is -5.42. The van der Waals surface area contributed by atoms with E-state index in [1.807, 2.05) is 11.8 Å². The zero-order valence-corrected chi connectivity index (χ0v) is 53.6. The van der Waals surface area contributed by atoms with E-state index in [0.717, 1.165) is 12.1 Å². The number of carbonyl (C=O) groups is 1. The number of hydrogen-bond acceptors (Lipinski definition) is 24. The first-order valence-corrected chi connectivity index (χ1v) is 35.3. The molecular formula is C58H72N2O24S5-4. The molecule has 2 aliphatic rings. The fourth-order valence-electron chi connectivity index (χ4n) is 11.1. The Morgan fingerprint density at radius 3 is 1.55 bits per heavy atom. The maximum absolute atomic E-state index is 12.8. The first-order chi connectivity index (χ1) is 41.9. The van der Waals surface area contributed by atoms with Gasteiger partial charge in [-0.25, -0.2) is 42.1 Å². The average molecular weight is 1340 g/mol. The molecule has 26 nitrogen and oxygen atoms in total. The number of methoxy groups -OCH3 is 2. The summed E-state index contributed by atoms with van der Waals surface area (Å²) in [5, 5.41) is 8.90. The number of carboxylic acids is 1. The van der Waals surface area contributed by atoms with Gasteiger partial charge in [0.2, 0.25) is 5.69 Å². The molecule has 2 heterocycles. The Bertz CT molecular complexity index is 3940. The summed E-state index contributed by atoms with van der Waals surface area (Å²) in [6, 6.07) is 8.77. The number of unbranched alkanes of at least 4 members (excludes halogenated alkanes) is 2. The van der Waals surface area contributed by atoms with Crippen LogP contribution in [0, 0.1) is 0 Å². The first kappa shape index (κ1) is 72.6.